The molecule has 0 aliphatic carbocycles. The summed E-state index contributed by atoms with van der Waals surface area (Å²) in [5.41, 5.74) is 0. The Morgan fingerprint density at radius 1 is 0.583 bits per heavy atom. The molecule has 0 radical (unpaired) electrons. The van der Waals surface area contributed by atoms with E-state index >= 15 is 0 Å². The van der Waals surface area contributed by atoms with Crippen molar-refractivity contribution >= 4 is 17.8 Å². The third-order valence-corrected chi connectivity index (χ3v) is 5.03. The van der Waals surface area contributed by atoms with Gasteiger partial charge in [-0.15, -0.1) is 0 Å². The van der Waals surface area contributed by atoms with Gasteiger partial charge in [-0.3, -0.25) is 0 Å². The fourth-order valence-electron chi connectivity index (χ4n) is 3.68. The maximum atomic E-state index is 10.2. The first-order valence-electron chi connectivity index (χ1n) is 8.74. The van der Waals surface area contributed by atoms with Gasteiger partial charge in [0.05, 0.1) is 0 Å². The summed E-state index contributed by atoms with van der Waals surface area (Å²) in [6.07, 6.45) is 2.93. The first kappa shape index (κ1) is 15.8. The average molecular weight is 336 g/mol. The minimum atomic E-state index is -0.597. The van der Waals surface area contributed by atoms with Gasteiger partial charge in [0.25, 0.3) is 0 Å². The van der Waals surface area contributed by atoms with Crippen LogP contribution >= 0.6 is 0 Å². The molecule has 132 valence electrons. The minimum absolute atomic E-state index is 0.415. The monoisotopic (exact) mass is 336 g/mol. The highest BCUT2D eigenvalue weighted by molar-refractivity contribution is 5.48. The number of nitrogens with zero attached hydrogens (tertiary/aromatic N) is 6. The molecule has 4 rings (SSSR count). The van der Waals surface area contributed by atoms with Gasteiger partial charge in [0.1, 0.15) is 18.7 Å². The molecule has 0 aromatic carbocycles. The Morgan fingerprint density at radius 2 is 0.875 bits per heavy atom. The lowest BCUT2D eigenvalue weighted by atomic mass is 10.4. The van der Waals surface area contributed by atoms with Crippen LogP contribution in [0.1, 0.15) is 38.5 Å². The van der Waals surface area contributed by atoms with E-state index in [1.165, 1.54) is 0 Å². The lowest BCUT2D eigenvalue weighted by molar-refractivity contribution is 0.180. The second-order valence-electron chi connectivity index (χ2n) is 6.68. The first-order valence-corrected chi connectivity index (χ1v) is 8.74. The number of aromatic nitrogens is 3. The Morgan fingerprint density at radius 3 is 1.08 bits per heavy atom. The summed E-state index contributed by atoms with van der Waals surface area (Å²) < 4.78 is 0. The molecule has 1 aromatic heterocycles. The molecule has 3 N–H and O–H groups in total. The van der Waals surface area contributed by atoms with Crippen LogP contribution in [0, 0.1) is 0 Å². The molecular weight excluding hydrogens is 312 g/mol. The van der Waals surface area contributed by atoms with Crippen LogP contribution < -0.4 is 14.7 Å². The summed E-state index contributed by atoms with van der Waals surface area (Å²) in [5, 5.41) is 30.5. The molecule has 3 unspecified atom stereocenters. The number of aliphatic hydroxyl groups excluding tert-OH is 3. The summed E-state index contributed by atoms with van der Waals surface area (Å²) in [7, 11) is 0. The zero-order valence-electron chi connectivity index (χ0n) is 13.6. The van der Waals surface area contributed by atoms with Gasteiger partial charge in [-0.25, -0.2) is 0 Å². The van der Waals surface area contributed by atoms with Crippen LogP contribution in [0.15, 0.2) is 0 Å². The van der Waals surface area contributed by atoms with Crippen molar-refractivity contribution in [1.29, 1.82) is 0 Å². The zero-order chi connectivity index (χ0) is 16.7. The molecule has 4 heterocycles. The number of hydrogen-bond donors (Lipinski definition) is 3. The maximum absolute atomic E-state index is 10.2. The standard InChI is InChI=1S/C15H24N6O3/c22-10-4-1-7-19(10)13-16-14(20-8-2-5-11(20)23)18-15(17-13)21-9-3-6-12(21)24/h10-12,22-24H,1-9H2. The quantitative estimate of drug-likeness (QED) is 0.681. The van der Waals surface area contributed by atoms with Crippen LogP contribution in [0.4, 0.5) is 17.8 Å². The van der Waals surface area contributed by atoms with Gasteiger partial charge in [-0.2, -0.15) is 15.0 Å². The molecule has 3 aliphatic rings. The van der Waals surface area contributed by atoms with E-state index in [-0.39, 0.29) is 0 Å². The van der Waals surface area contributed by atoms with E-state index in [1.807, 2.05) is 0 Å². The van der Waals surface area contributed by atoms with Crippen LogP contribution in [-0.2, 0) is 0 Å². The normalized spacial score (nSPS) is 30.6. The van der Waals surface area contributed by atoms with Crippen molar-refractivity contribution in [3.63, 3.8) is 0 Å². The van der Waals surface area contributed by atoms with Crippen molar-refractivity contribution in [1.82, 2.24) is 15.0 Å². The van der Waals surface area contributed by atoms with E-state index in [0.29, 0.717) is 56.7 Å². The Bertz CT molecular complexity index is 509. The van der Waals surface area contributed by atoms with Gasteiger partial charge in [0, 0.05) is 19.6 Å². The third kappa shape index (κ3) is 2.76. The molecule has 3 aliphatic heterocycles. The molecule has 0 amide bonds. The van der Waals surface area contributed by atoms with Gasteiger partial charge in [-0.05, 0) is 38.5 Å². The fraction of sp³-hybridized carbons (Fsp3) is 0.800. The van der Waals surface area contributed by atoms with Gasteiger partial charge in [0.15, 0.2) is 0 Å². The summed E-state index contributed by atoms with van der Waals surface area (Å²) in [6, 6.07) is 0. The van der Waals surface area contributed by atoms with Crippen molar-refractivity contribution in [2.75, 3.05) is 34.3 Å². The van der Waals surface area contributed by atoms with Crippen molar-refractivity contribution in [3.8, 4) is 0 Å². The Hall–Kier alpha value is -1.71. The lowest BCUT2D eigenvalue weighted by Crippen LogP contribution is -2.36. The molecule has 3 fully saturated rings. The first-order chi connectivity index (χ1) is 11.6. The van der Waals surface area contributed by atoms with Gasteiger partial charge >= 0.3 is 0 Å². The summed E-state index contributed by atoms with van der Waals surface area (Å²) in [6.45, 7) is 2.07. The highest BCUT2D eigenvalue weighted by Gasteiger charge is 2.32. The van der Waals surface area contributed by atoms with Gasteiger partial charge in [-0.1, -0.05) is 0 Å². The Balaban J connectivity index is 1.72. The van der Waals surface area contributed by atoms with Crippen LogP contribution in [-0.4, -0.2) is 68.6 Å². The predicted molar refractivity (Wildman–Crippen MR) is 87.6 cm³/mol. The van der Waals surface area contributed by atoms with Crippen LogP contribution in [0.25, 0.3) is 0 Å². The van der Waals surface area contributed by atoms with E-state index in [0.717, 1.165) is 19.3 Å². The van der Waals surface area contributed by atoms with Crippen LogP contribution in [0.3, 0.4) is 0 Å². The molecule has 0 bridgehead atoms. The molecule has 3 atom stereocenters. The molecule has 1 aromatic rings. The average Bonchev–Trinajstić information content (AvgIpc) is 3.28. The van der Waals surface area contributed by atoms with Gasteiger partial charge in [0.2, 0.25) is 17.8 Å². The molecule has 9 nitrogen and oxygen atoms in total. The van der Waals surface area contributed by atoms with E-state index in [2.05, 4.69) is 15.0 Å². The highest BCUT2D eigenvalue weighted by Crippen LogP contribution is 2.29. The molecule has 3 saturated heterocycles. The fourth-order valence-corrected chi connectivity index (χ4v) is 3.68. The minimum Gasteiger partial charge on any atom is -0.374 e. The maximum Gasteiger partial charge on any atom is 0.234 e. The smallest absolute Gasteiger partial charge is 0.234 e. The molecule has 0 spiro atoms. The summed E-state index contributed by atoms with van der Waals surface area (Å²) in [5.74, 6) is 1.25. The Kier molecular flexibility index (Phi) is 4.15. The number of hydrogen-bond acceptors (Lipinski definition) is 9. The second kappa shape index (κ2) is 6.30. The van der Waals surface area contributed by atoms with Crippen LogP contribution in [0.2, 0.25) is 0 Å². The third-order valence-electron chi connectivity index (χ3n) is 5.03. The van der Waals surface area contributed by atoms with Crippen molar-refractivity contribution < 1.29 is 15.3 Å². The number of anilines is 3. The largest absolute Gasteiger partial charge is 0.374 e. The van der Waals surface area contributed by atoms with E-state index in [9.17, 15) is 15.3 Å². The van der Waals surface area contributed by atoms with E-state index < -0.39 is 18.7 Å². The topological polar surface area (TPSA) is 109 Å². The number of rotatable bonds is 3. The Labute approximate surface area is 140 Å². The van der Waals surface area contributed by atoms with Crippen molar-refractivity contribution in [2.24, 2.45) is 0 Å². The molecule has 24 heavy (non-hydrogen) atoms. The zero-order valence-corrected chi connectivity index (χ0v) is 13.6. The van der Waals surface area contributed by atoms with Crippen LogP contribution in [0.5, 0.6) is 0 Å². The SMILES string of the molecule is OC1CCCN1c1nc(N2CCCC2O)nc(N2CCCC2O)n1. The summed E-state index contributed by atoms with van der Waals surface area (Å²) >= 11 is 0. The lowest BCUT2D eigenvalue weighted by Gasteiger charge is -2.27. The molecular formula is C15H24N6O3. The predicted octanol–water partition coefficient (Wildman–Crippen LogP) is -0.373. The molecule has 0 saturated carbocycles. The second-order valence-corrected chi connectivity index (χ2v) is 6.68. The van der Waals surface area contributed by atoms with Gasteiger partial charge < -0.3 is 30.0 Å². The number of aliphatic hydroxyl groups is 3. The van der Waals surface area contributed by atoms with E-state index in [1.54, 1.807) is 14.7 Å². The highest BCUT2D eigenvalue weighted by atomic mass is 16.3. The summed E-state index contributed by atoms with van der Waals surface area (Å²) in [4.78, 5) is 18.8. The van der Waals surface area contributed by atoms with Crippen molar-refractivity contribution in [2.45, 2.75) is 57.2 Å². The molecule has 9 heteroatoms. The van der Waals surface area contributed by atoms with Crippen molar-refractivity contribution in [3.05, 3.63) is 0 Å². The van der Waals surface area contributed by atoms with E-state index in [4.69, 9.17) is 0 Å².